The van der Waals surface area contributed by atoms with E-state index < -0.39 is 6.43 Å². The lowest BCUT2D eigenvalue weighted by Gasteiger charge is -2.22. The summed E-state index contributed by atoms with van der Waals surface area (Å²) >= 11 is 0. The number of halogens is 2. The molecule has 1 fully saturated rings. The molecule has 2 nitrogen and oxygen atoms in total. The van der Waals surface area contributed by atoms with Gasteiger partial charge in [0.25, 0.3) is 6.43 Å². The molecule has 4 heteroatoms. The minimum absolute atomic E-state index is 0.210. The van der Waals surface area contributed by atoms with Gasteiger partial charge in [-0.15, -0.1) is 0 Å². The first kappa shape index (κ1) is 9.61. The Morgan fingerprint density at radius 2 is 2.25 bits per heavy atom. The van der Waals surface area contributed by atoms with Crippen LogP contribution in [0.1, 0.15) is 6.92 Å². The molecular weight excluding hydrogens is 162 g/mol. The zero-order chi connectivity index (χ0) is 8.97. The van der Waals surface area contributed by atoms with E-state index in [0.717, 1.165) is 13.1 Å². The molecule has 0 atom stereocenters. The van der Waals surface area contributed by atoms with Crippen LogP contribution < -0.4 is 10.6 Å². The second-order valence-corrected chi connectivity index (χ2v) is 3.01. The Balaban J connectivity index is 2.14. The highest BCUT2D eigenvalue weighted by Gasteiger charge is 2.10. The molecule has 0 spiro atoms. The molecule has 12 heavy (non-hydrogen) atoms. The number of nitrogens with one attached hydrogen (secondary N) is 2. The smallest absolute Gasteiger partial charge is 0.250 e. The van der Waals surface area contributed by atoms with Gasteiger partial charge in [-0.25, -0.2) is 8.78 Å². The summed E-state index contributed by atoms with van der Waals surface area (Å²) in [5, 5.41) is 5.81. The van der Waals surface area contributed by atoms with E-state index in [2.05, 4.69) is 10.6 Å². The van der Waals surface area contributed by atoms with E-state index in [9.17, 15) is 8.78 Å². The Labute approximate surface area is 71.0 Å². The number of hydrogen-bond acceptors (Lipinski definition) is 2. The van der Waals surface area contributed by atoms with Gasteiger partial charge >= 0.3 is 0 Å². The molecule has 0 radical (unpaired) electrons. The van der Waals surface area contributed by atoms with Crippen LogP contribution in [0.3, 0.4) is 0 Å². The first-order chi connectivity index (χ1) is 5.70. The molecule has 0 saturated carbocycles. The van der Waals surface area contributed by atoms with Crippen molar-refractivity contribution in [3.8, 4) is 0 Å². The third-order valence-corrected chi connectivity index (χ3v) is 1.97. The van der Waals surface area contributed by atoms with Crippen LogP contribution >= 0.6 is 0 Å². The molecule has 1 aliphatic heterocycles. The van der Waals surface area contributed by atoms with Crippen LogP contribution in [0.5, 0.6) is 0 Å². The molecule has 0 aliphatic carbocycles. The van der Waals surface area contributed by atoms with Crippen LogP contribution in [0, 0.1) is 0 Å². The molecule has 0 aromatic carbocycles. The second-order valence-electron chi connectivity index (χ2n) is 3.01. The molecule has 70 valence electrons. The fraction of sp³-hybridized carbons (Fsp3) is 0.750. The summed E-state index contributed by atoms with van der Waals surface area (Å²) in [7, 11) is 0. The monoisotopic (exact) mass is 176 g/mol. The third-order valence-electron chi connectivity index (χ3n) is 1.97. The van der Waals surface area contributed by atoms with Crippen molar-refractivity contribution in [1.29, 1.82) is 0 Å². The van der Waals surface area contributed by atoms with E-state index >= 15 is 0 Å². The van der Waals surface area contributed by atoms with Gasteiger partial charge in [-0.1, -0.05) is 5.57 Å². The van der Waals surface area contributed by atoms with Gasteiger partial charge in [0.2, 0.25) is 0 Å². The Bertz CT molecular complexity index is 172. The van der Waals surface area contributed by atoms with Gasteiger partial charge in [0.05, 0.1) is 6.54 Å². The average Bonchev–Trinajstić information content (AvgIpc) is 1.81. The summed E-state index contributed by atoms with van der Waals surface area (Å²) in [5.41, 5.74) is 2.53. The van der Waals surface area contributed by atoms with Crippen LogP contribution in [0.2, 0.25) is 0 Å². The standard InChI is InChI=1S/C8H14F2N2/c1-6(7-3-12-4-7)2-11-5-8(9)10/h8,11-12H,2-5H2,1H3. The summed E-state index contributed by atoms with van der Waals surface area (Å²) in [6.45, 7) is 4.19. The van der Waals surface area contributed by atoms with Gasteiger partial charge in [0, 0.05) is 19.6 Å². The number of hydrogen-bond donors (Lipinski definition) is 2. The predicted octanol–water partition coefficient (Wildman–Crippen LogP) is 0.761. The van der Waals surface area contributed by atoms with Crippen molar-refractivity contribution in [2.45, 2.75) is 13.3 Å². The van der Waals surface area contributed by atoms with Crippen molar-refractivity contribution in [1.82, 2.24) is 10.6 Å². The Morgan fingerprint density at radius 1 is 1.58 bits per heavy atom. The fourth-order valence-corrected chi connectivity index (χ4v) is 1.05. The van der Waals surface area contributed by atoms with E-state index in [4.69, 9.17) is 0 Å². The molecule has 1 rings (SSSR count). The van der Waals surface area contributed by atoms with Gasteiger partial charge in [-0.05, 0) is 12.5 Å². The maximum absolute atomic E-state index is 11.7. The van der Waals surface area contributed by atoms with Crippen LogP contribution in [0.4, 0.5) is 8.78 Å². The zero-order valence-corrected chi connectivity index (χ0v) is 7.16. The lowest BCUT2D eigenvalue weighted by Crippen LogP contribution is -2.36. The number of rotatable bonds is 4. The van der Waals surface area contributed by atoms with Crippen molar-refractivity contribution >= 4 is 0 Å². The summed E-state index contributed by atoms with van der Waals surface area (Å²) in [6, 6.07) is 0. The topological polar surface area (TPSA) is 24.1 Å². The van der Waals surface area contributed by atoms with Crippen molar-refractivity contribution in [3.05, 3.63) is 11.1 Å². The minimum Gasteiger partial charge on any atom is -0.309 e. The zero-order valence-electron chi connectivity index (χ0n) is 7.16. The van der Waals surface area contributed by atoms with Gasteiger partial charge in [0.15, 0.2) is 0 Å². The quantitative estimate of drug-likeness (QED) is 0.618. The largest absolute Gasteiger partial charge is 0.309 e. The normalized spacial score (nSPS) is 16.5. The van der Waals surface area contributed by atoms with E-state index in [-0.39, 0.29) is 6.54 Å². The highest BCUT2D eigenvalue weighted by molar-refractivity contribution is 5.22. The Kier molecular flexibility index (Phi) is 3.62. The van der Waals surface area contributed by atoms with E-state index in [1.807, 2.05) is 6.92 Å². The van der Waals surface area contributed by atoms with Gasteiger partial charge in [-0.3, -0.25) is 0 Å². The van der Waals surface area contributed by atoms with E-state index in [1.54, 1.807) is 0 Å². The summed E-state index contributed by atoms with van der Waals surface area (Å²) in [6.07, 6.45) is -2.25. The first-order valence-corrected chi connectivity index (χ1v) is 4.07. The van der Waals surface area contributed by atoms with Crippen molar-refractivity contribution in [3.63, 3.8) is 0 Å². The van der Waals surface area contributed by atoms with Crippen molar-refractivity contribution in [2.75, 3.05) is 26.2 Å². The minimum atomic E-state index is -2.25. The molecule has 1 aliphatic rings. The fourth-order valence-electron chi connectivity index (χ4n) is 1.05. The summed E-state index contributed by atoms with van der Waals surface area (Å²) in [5.74, 6) is 0. The van der Waals surface area contributed by atoms with Gasteiger partial charge in [0.1, 0.15) is 0 Å². The summed E-state index contributed by atoms with van der Waals surface area (Å²) < 4.78 is 23.4. The van der Waals surface area contributed by atoms with Crippen LogP contribution in [-0.4, -0.2) is 32.6 Å². The summed E-state index contributed by atoms with van der Waals surface area (Å²) in [4.78, 5) is 0. The molecule has 1 saturated heterocycles. The SMILES string of the molecule is CC(CNCC(F)F)=C1CNC1. The molecule has 0 aromatic rings. The third kappa shape index (κ3) is 2.87. The van der Waals surface area contributed by atoms with Gasteiger partial charge < -0.3 is 10.6 Å². The van der Waals surface area contributed by atoms with Crippen LogP contribution in [0.25, 0.3) is 0 Å². The molecule has 2 N–H and O–H groups in total. The lowest BCUT2D eigenvalue weighted by molar-refractivity contribution is 0.147. The highest BCUT2D eigenvalue weighted by Crippen LogP contribution is 2.07. The predicted molar refractivity (Wildman–Crippen MR) is 44.4 cm³/mol. The van der Waals surface area contributed by atoms with Crippen LogP contribution in [0.15, 0.2) is 11.1 Å². The van der Waals surface area contributed by atoms with Crippen molar-refractivity contribution in [2.24, 2.45) is 0 Å². The second kappa shape index (κ2) is 4.52. The van der Waals surface area contributed by atoms with E-state index in [0.29, 0.717) is 6.54 Å². The molecule has 0 amide bonds. The molecule has 0 bridgehead atoms. The van der Waals surface area contributed by atoms with Gasteiger partial charge in [-0.2, -0.15) is 0 Å². The molecule has 1 heterocycles. The van der Waals surface area contributed by atoms with Crippen molar-refractivity contribution < 1.29 is 8.78 Å². The first-order valence-electron chi connectivity index (χ1n) is 4.07. The maximum Gasteiger partial charge on any atom is 0.250 e. The maximum atomic E-state index is 11.7. The molecule has 0 aromatic heterocycles. The molecule has 0 unspecified atom stereocenters. The Hall–Kier alpha value is -0.480. The van der Waals surface area contributed by atoms with E-state index in [1.165, 1.54) is 11.1 Å². The Morgan fingerprint density at radius 3 is 2.67 bits per heavy atom. The molecular formula is C8H14F2N2. The average molecular weight is 176 g/mol. The lowest BCUT2D eigenvalue weighted by atomic mass is 10.0. The highest BCUT2D eigenvalue weighted by atomic mass is 19.3. The number of alkyl halides is 2. The van der Waals surface area contributed by atoms with Crippen LogP contribution in [-0.2, 0) is 0 Å².